The van der Waals surface area contributed by atoms with Gasteiger partial charge >= 0.3 is 0 Å². The first kappa shape index (κ1) is 13.5. The van der Waals surface area contributed by atoms with E-state index in [2.05, 4.69) is 21.2 Å². The van der Waals surface area contributed by atoms with Gasteiger partial charge in [0.15, 0.2) is 5.76 Å². The van der Waals surface area contributed by atoms with E-state index >= 15 is 0 Å². The van der Waals surface area contributed by atoms with Gasteiger partial charge in [0, 0.05) is 4.47 Å². The number of Topliss-reactive ketones (excluding diaryl/α,β-unsaturated/α-hetero) is 1. The second-order valence-electron chi connectivity index (χ2n) is 3.98. The molecular formula is C14H12BrNO3. The third kappa shape index (κ3) is 4.06. The highest BCUT2D eigenvalue weighted by Gasteiger charge is 2.10. The molecule has 0 atom stereocenters. The predicted octanol–water partition coefficient (Wildman–Crippen LogP) is 2.58. The molecule has 0 aliphatic carbocycles. The Balaban J connectivity index is 1.83. The molecule has 2 aromatic rings. The Hall–Kier alpha value is -1.88. The van der Waals surface area contributed by atoms with Crippen molar-refractivity contribution in [3.05, 3.63) is 58.5 Å². The maximum absolute atomic E-state index is 11.7. The van der Waals surface area contributed by atoms with Crippen molar-refractivity contribution in [3.8, 4) is 0 Å². The second kappa shape index (κ2) is 6.33. The average Bonchev–Trinajstić information content (AvgIpc) is 2.90. The van der Waals surface area contributed by atoms with Crippen LogP contribution in [0.5, 0.6) is 0 Å². The molecule has 2 rings (SSSR count). The van der Waals surface area contributed by atoms with Crippen molar-refractivity contribution in [2.45, 2.75) is 6.42 Å². The fourth-order valence-corrected chi connectivity index (χ4v) is 2.04. The highest BCUT2D eigenvalue weighted by molar-refractivity contribution is 9.10. The molecule has 0 bridgehead atoms. The first-order valence-corrected chi connectivity index (χ1v) is 6.52. The number of hydrogen-bond acceptors (Lipinski definition) is 3. The molecule has 1 amide bonds. The molecule has 0 fully saturated rings. The van der Waals surface area contributed by atoms with E-state index in [4.69, 9.17) is 4.42 Å². The van der Waals surface area contributed by atoms with Crippen molar-refractivity contribution in [3.63, 3.8) is 0 Å². The van der Waals surface area contributed by atoms with E-state index in [1.54, 1.807) is 12.1 Å². The van der Waals surface area contributed by atoms with Gasteiger partial charge in [0.1, 0.15) is 0 Å². The number of furan rings is 1. The first-order chi connectivity index (χ1) is 9.15. The Labute approximate surface area is 118 Å². The Kier molecular flexibility index (Phi) is 4.52. The van der Waals surface area contributed by atoms with E-state index in [0.29, 0.717) is 0 Å². The summed E-state index contributed by atoms with van der Waals surface area (Å²) in [5, 5.41) is 2.57. The van der Waals surface area contributed by atoms with E-state index in [1.165, 1.54) is 6.26 Å². The summed E-state index contributed by atoms with van der Waals surface area (Å²) in [6, 6.07) is 10.7. The molecule has 4 nitrogen and oxygen atoms in total. The highest BCUT2D eigenvalue weighted by atomic mass is 79.9. The molecule has 0 saturated carbocycles. The molecule has 1 N–H and O–H groups in total. The minimum absolute atomic E-state index is 0.0552. The number of benzene rings is 1. The number of amides is 1. The Morgan fingerprint density at radius 2 is 2.05 bits per heavy atom. The number of rotatable bonds is 5. The molecule has 1 aromatic carbocycles. The van der Waals surface area contributed by atoms with E-state index in [0.717, 1.165) is 10.0 Å². The van der Waals surface area contributed by atoms with Crippen LogP contribution >= 0.6 is 15.9 Å². The molecule has 0 radical (unpaired) electrons. The number of ketones is 1. The normalized spacial score (nSPS) is 10.2. The topological polar surface area (TPSA) is 59.3 Å². The molecule has 0 unspecified atom stereocenters. The number of carbonyl (C=O) groups excluding carboxylic acids is 2. The summed E-state index contributed by atoms with van der Waals surface area (Å²) in [6.07, 6.45) is 1.67. The van der Waals surface area contributed by atoms with E-state index < -0.39 is 0 Å². The van der Waals surface area contributed by atoms with Crippen LogP contribution in [0.2, 0.25) is 0 Å². The van der Waals surface area contributed by atoms with E-state index in [1.807, 2.05) is 24.3 Å². The quantitative estimate of drug-likeness (QED) is 0.861. The van der Waals surface area contributed by atoms with Crippen LogP contribution in [0.15, 0.2) is 51.6 Å². The Bertz CT molecular complexity index is 578. The highest BCUT2D eigenvalue weighted by Crippen LogP contribution is 2.11. The van der Waals surface area contributed by atoms with Gasteiger partial charge in [-0.25, -0.2) is 0 Å². The van der Waals surface area contributed by atoms with Crippen LogP contribution in [0.3, 0.4) is 0 Å². The van der Waals surface area contributed by atoms with Crippen LogP contribution in [0.1, 0.15) is 16.1 Å². The van der Waals surface area contributed by atoms with Gasteiger partial charge in [-0.15, -0.1) is 0 Å². The number of carbonyl (C=O) groups is 2. The van der Waals surface area contributed by atoms with Crippen molar-refractivity contribution in [2.24, 2.45) is 0 Å². The van der Waals surface area contributed by atoms with Crippen LogP contribution in [-0.4, -0.2) is 18.2 Å². The smallest absolute Gasteiger partial charge is 0.224 e. The number of halogens is 1. The minimum atomic E-state index is -0.243. The molecule has 0 spiro atoms. The van der Waals surface area contributed by atoms with Gasteiger partial charge in [-0.1, -0.05) is 28.1 Å². The second-order valence-corrected chi connectivity index (χ2v) is 4.90. The molecule has 19 heavy (non-hydrogen) atoms. The van der Waals surface area contributed by atoms with Crippen molar-refractivity contribution in [1.82, 2.24) is 5.32 Å². The summed E-state index contributed by atoms with van der Waals surface area (Å²) < 4.78 is 5.88. The average molecular weight is 322 g/mol. The zero-order chi connectivity index (χ0) is 13.7. The van der Waals surface area contributed by atoms with Gasteiger partial charge in [0.05, 0.1) is 19.2 Å². The molecule has 5 heteroatoms. The van der Waals surface area contributed by atoms with Gasteiger partial charge < -0.3 is 9.73 Å². The van der Waals surface area contributed by atoms with E-state index in [9.17, 15) is 9.59 Å². The van der Waals surface area contributed by atoms with Gasteiger partial charge in [-0.05, 0) is 29.8 Å². The largest absolute Gasteiger partial charge is 0.461 e. The molecule has 1 heterocycles. The molecule has 98 valence electrons. The minimum Gasteiger partial charge on any atom is -0.461 e. The first-order valence-electron chi connectivity index (χ1n) is 5.73. The van der Waals surface area contributed by atoms with Gasteiger partial charge in [-0.2, -0.15) is 0 Å². The molecule has 0 saturated heterocycles. The lowest BCUT2D eigenvalue weighted by atomic mass is 10.1. The summed E-state index contributed by atoms with van der Waals surface area (Å²) in [5.41, 5.74) is 0.886. The fraction of sp³-hybridized carbons (Fsp3) is 0.143. The zero-order valence-electron chi connectivity index (χ0n) is 10.1. The van der Waals surface area contributed by atoms with Crippen molar-refractivity contribution in [1.29, 1.82) is 0 Å². The van der Waals surface area contributed by atoms with Crippen LogP contribution in [0, 0.1) is 0 Å². The Morgan fingerprint density at radius 3 is 2.74 bits per heavy atom. The standard InChI is InChI=1S/C14H12BrNO3/c15-11-4-1-3-10(7-11)8-14(18)16-9-12(17)13-5-2-6-19-13/h1-7H,8-9H2,(H,16,18). The summed E-state index contributed by atoms with van der Waals surface area (Å²) >= 11 is 3.34. The van der Waals surface area contributed by atoms with Crippen LogP contribution in [-0.2, 0) is 11.2 Å². The van der Waals surface area contributed by atoms with Crippen LogP contribution < -0.4 is 5.32 Å². The number of nitrogens with one attached hydrogen (secondary N) is 1. The molecular weight excluding hydrogens is 310 g/mol. The molecule has 1 aromatic heterocycles. The van der Waals surface area contributed by atoms with Crippen molar-refractivity contribution < 1.29 is 14.0 Å². The zero-order valence-corrected chi connectivity index (χ0v) is 11.6. The summed E-state index contributed by atoms with van der Waals surface area (Å²) in [5.74, 6) is -0.187. The lowest BCUT2D eigenvalue weighted by molar-refractivity contribution is -0.120. The van der Waals surface area contributed by atoms with Crippen molar-refractivity contribution >= 4 is 27.6 Å². The Morgan fingerprint density at radius 1 is 1.21 bits per heavy atom. The monoisotopic (exact) mass is 321 g/mol. The lowest BCUT2D eigenvalue weighted by Crippen LogP contribution is -2.30. The van der Waals surface area contributed by atoms with Gasteiger partial charge in [0.2, 0.25) is 11.7 Å². The summed E-state index contributed by atoms with van der Waals surface area (Å²) in [4.78, 5) is 23.3. The fourth-order valence-electron chi connectivity index (χ4n) is 1.60. The molecule has 0 aliphatic heterocycles. The predicted molar refractivity (Wildman–Crippen MR) is 73.9 cm³/mol. The van der Waals surface area contributed by atoms with Crippen LogP contribution in [0.4, 0.5) is 0 Å². The maximum atomic E-state index is 11.7. The summed E-state index contributed by atoms with van der Waals surface area (Å²) in [6.45, 7) is -0.0552. The van der Waals surface area contributed by atoms with Gasteiger partial charge in [0.25, 0.3) is 0 Å². The van der Waals surface area contributed by atoms with Crippen LogP contribution in [0.25, 0.3) is 0 Å². The lowest BCUT2D eigenvalue weighted by Gasteiger charge is -2.04. The molecule has 0 aliphatic rings. The maximum Gasteiger partial charge on any atom is 0.224 e. The third-order valence-electron chi connectivity index (χ3n) is 2.50. The third-order valence-corrected chi connectivity index (χ3v) is 2.99. The SMILES string of the molecule is O=C(Cc1cccc(Br)c1)NCC(=O)c1ccco1. The number of hydrogen-bond donors (Lipinski definition) is 1. The van der Waals surface area contributed by atoms with Gasteiger partial charge in [-0.3, -0.25) is 9.59 Å². The van der Waals surface area contributed by atoms with Crippen molar-refractivity contribution in [2.75, 3.05) is 6.54 Å². The van der Waals surface area contributed by atoms with E-state index in [-0.39, 0.29) is 30.4 Å². The summed E-state index contributed by atoms with van der Waals surface area (Å²) in [7, 11) is 0.